The predicted molar refractivity (Wildman–Crippen MR) is 83.1 cm³/mol. The third-order valence-electron chi connectivity index (χ3n) is 3.52. The maximum Gasteiger partial charge on any atom is 0.252 e. The van der Waals surface area contributed by atoms with Crippen LogP contribution in [0.5, 0.6) is 0 Å². The summed E-state index contributed by atoms with van der Waals surface area (Å²) in [6.45, 7) is 2.94. The topological polar surface area (TPSA) is 83.6 Å². The molecule has 1 aliphatic heterocycles. The minimum atomic E-state index is -0.133. The minimum Gasteiger partial charge on any atom is -0.370 e. The Bertz CT molecular complexity index is 466. The summed E-state index contributed by atoms with van der Waals surface area (Å²) >= 11 is 0. The van der Waals surface area contributed by atoms with E-state index < -0.39 is 0 Å². The van der Waals surface area contributed by atoms with Crippen molar-refractivity contribution < 1.29 is 4.79 Å². The number of rotatable bonds is 4. The first-order chi connectivity index (χ1) is 10.3. The van der Waals surface area contributed by atoms with Crippen LogP contribution >= 0.6 is 0 Å². The van der Waals surface area contributed by atoms with Gasteiger partial charge in [0.25, 0.3) is 5.91 Å². The van der Waals surface area contributed by atoms with Gasteiger partial charge in [-0.3, -0.25) is 14.8 Å². The largest absolute Gasteiger partial charge is 0.370 e. The maximum absolute atomic E-state index is 11.8. The highest BCUT2D eigenvalue weighted by atomic mass is 16.1. The molecule has 0 unspecified atom stereocenters. The number of amides is 1. The van der Waals surface area contributed by atoms with Crippen molar-refractivity contribution in [1.82, 2.24) is 15.2 Å². The Balaban J connectivity index is 1.73. The SMILES string of the molecule is NC(=NCCNC(=O)c1cccnc1)N1CCCCCC1. The predicted octanol–water partition coefficient (Wildman–Crippen LogP) is 1.00. The molecule has 2 heterocycles. The van der Waals surface area contributed by atoms with Crippen molar-refractivity contribution in [2.45, 2.75) is 25.7 Å². The number of aromatic nitrogens is 1. The molecule has 0 saturated carbocycles. The number of carbonyl (C=O) groups is 1. The monoisotopic (exact) mass is 289 g/mol. The summed E-state index contributed by atoms with van der Waals surface area (Å²) < 4.78 is 0. The standard InChI is InChI=1S/C15H23N5O/c16-15(20-10-3-1-2-4-11-20)19-9-8-18-14(21)13-6-5-7-17-12-13/h5-7,12H,1-4,8-11H2,(H2,16,19)(H,18,21). The maximum atomic E-state index is 11.8. The molecule has 0 atom stereocenters. The molecule has 1 fully saturated rings. The second-order valence-electron chi connectivity index (χ2n) is 5.14. The van der Waals surface area contributed by atoms with E-state index in [1.165, 1.54) is 25.7 Å². The lowest BCUT2D eigenvalue weighted by atomic mass is 10.2. The Morgan fingerprint density at radius 1 is 1.33 bits per heavy atom. The Morgan fingerprint density at radius 3 is 2.76 bits per heavy atom. The second kappa shape index (κ2) is 8.24. The van der Waals surface area contributed by atoms with E-state index in [0.29, 0.717) is 24.6 Å². The van der Waals surface area contributed by atoms with Gasteiger partial charge in [-0.1, -0.05) is 12.8 Å². The molecule has 6 heteroatoms. The summed E-state index contributed by atoms with van der Waals surface area (Å²) in [6, 6.07) is 3.47. The number of pyridine rings is 1. The molecule has 114 valence electrons. The van der Waals surface area contributed by atoms with Crippen LogP contribution < -0.4 is 11.1 Å². The third kappa shape index (κ3) is 5.06. The van der Waals surface area contributed by atoms with Crippen molar-refractivity contribution in [3.8, 4) is 0 Å². The number of nitrogens with two attached hydrogens (primary N) is 1. The number of carbonyl (C=O) groups excluding carboxylic acids is 1. The second-order valence-corrected chi connectivity index (χ2v) is 5.14. The van der Waals surface area contributed by atoms with Crippen LogP contribution in [-0.2, 0) is 0 Å². The number of nitrogens with one attached hydrogen (secondary N) is 1. The van der Waals surface area contributed by atoms with Crippen molar-refractivity contribution in [2.24, 2.45) is 10.7 Å². The molecule has 1 aromatic rings. The van der Waals surface area contributed by atoms with Gasteiger partial charge in [-0.15, -0.1) is 0 Å². The fourth-order valence-electron chi connectivity index (χ4n) is 2.34. The van der Waals surface area contributed by atoms with Crippen molar-refractivity contribution >= 4 is 11.9 Å². The van der Waals surface area contributed by atoms with Gasteiger partial charge in [0, 0.05) is 32.0 Å². The van der Waals surface area contributed by atoms with E-state index in [-0.39, 0.29) is 5.91 Å². The van der Waals surface area contributed by atoms with Gasteiger partial charge in [0.1, 0.15) is 0 Å². The average molecular weight is 289 g/mol. The number of likely N-dealkylation sites (tertiary alicyclic amines) is 1. The molecule has 3 N–H and O–H groups in total. The van der Waals surface area contributed by atoms with E-state index >= 15 is 0 Å². The van der Waals surface area contributed by atoms with Crippen molar-refractivity contribution in [3.05, 3.63) is 30.1 Å². The number of guanidine groups is 1. The number of aliphatic imine (C=N–C) groups is 1. The molecule has 21 heavy (non-hydrogen) atoms. The van der Waals surface area contributed by atoms with Gasteiger partial charge in [0.05, 0.1) is 12.1 Å². The molecule has 1 saturated heterocycles. The highest BCUT2D eigenvalue weighted by Gasteiger charge is 2.10. The number of hydrogen-bond acceptors (Lipinski definition) is 3. The molecule has 0 aliphatic carbocycles. The van der Waals surface area contributed by atoms with Crippen molar-refractivity contribution in [2.75, 3.05) is 26.2 Å². The first-order valence-corrected chi connectivity index (χ1v) is 7.50. The zero-order chi connectivity index (χ0) is 14.9. The van der Waals surface area contributed by atoms with E-state index in [4.69, 9.17) is 5.73 Å². The van der Waals surface area contributed by atoms with Crippen LogP contribution in [0.4, 0.5) is 0 Å². The summed E-state index contributed by atoms with van der Waals surface area (Å²) in [5.41, 5.74) is 6.56. The normalized spacial score (nSPS) is 16.4. The van der Waals surface area contributed by atoms with Gasteiger partial charge in [-0.2, -0.15) is 0 Å². The fourth-order valence-corrected chi connectivity index (χ4v) is 2.34. The molecule has 0 radical (unpaired) electrons. The molecule has 0 bridgehead atoms. The molecule has 6 nitrogen and oxygen atoms in total. The van der Waals surface area contributed by atoms with E-state index in [9.17, 15) is 4.79 Å². The minimum absolute atomic E-state index is 0.133. The highest BCUT2D eigenvalue weighted by molar-refractivity contribution is 5.93. The van der Waals surface area contributed by atoms with Crippen LogP contribution in [0.1, 0.15) is 36.0 Å². The Morgan fingerprint density at radius 2 is 2.10 bits per heavy atom. The lowest BCUT2D eigenvalue weighted by Crippen LogP contribution is -2.38. The molecule has 1 aromatic heterocycles. The van der Waals surface area contributed by atoms with Crippen LogP contribution in [0.3, 0.4) is 0 Å². The van der Waals surface area contributed by atoms with Gasteiger partial charge in [0.2, 0.25) is 0 Å². The van der Waals surface area contributed by atoms with Gasteiger partial charge >= 0.3 is 0 Å². The molecule has 1 aliphatic rings. The van der Waals surface area contributed by atoms with E-state index in [2.05, 4.69) is 20.2 Å². The van der Waals surface area contributed by atoms with Crippen LogP contribution in [-0.4, -0.2) is 47.9 Å². The van der Waals surface area contributed by atoms with E-state index in [1.54, 1.807) is 24.5 Å². The lowest BCUT2D eigenvalue weighted by Gasteiger charge is -2.21. The first kappa shape index (κ1) is 15.3. The fraction of sp³-hybridized carbons (Fsp3) is 0.533. The zero-order valence-corrected chi connectivity index (χ0v) is 12.3. The third-order valence-corrected chi connectivity index (χ3v) is 3.52. The molecular weight excluding hydrogens is 266 g/mol. The van der Waals surface area contributed by atoms with Crippen LogP contribution in [0.15, 0.2) is 29.5 Å². The average Bonchev–Trinajstić information content (AvgIpc) is 2.81. The van der Waals surface area contributed by atoms with E-state index in [1.807, 2.05) is 0 Å². The summed E-state index contributed by atoms with van der Waals surface area (Å²) in [5.74, 6) is 0.458. The quantitative estimate of drug-likeness (QED) is 0.492. The molecule has 1 amide bonds. The van der Waals surface area contributed by atoms with Gasteiger partial charge in [-0.05, 0) is 25.0 Å². The summed E-state index contributed by atoms with van der Waals surface area (Å²) in [7, 11) is 0. The van der Waals surface area contributed by atoms with Gasteiger partial charge in [-0.25, -0.2) is 0 Å². The number of nitrogens with zero attached hydrogens (tertiary/aromatic N) is 3. The van der Waals surface area contributed by atoms with Gasteiger partial charge in [0.15, 0.2) is 5.96 Å². The summed E-state index contributed by atoms with van der Waals surface area (Å²) in [5, 5.41) is 2.81. The zero-order valence-electron chi connectivity index (χ0n) is 12.3. The van der Waals surface area contributed by atoms with Crippen molar-refractivity contribution in [1.29, 1.82) is 0 Å². The van der Waals surface area contributed by atoms with Crippen LogP contribution in [0, 0.1) is 0 Å². The van der Waals surface area contributed by atoms with E-state index in [0.717, 1.165) is 13.1 Å². The molecular formula is C15H23N5O. The summed E-state index contributed by atoms with van der Waals surface area (Å²) in [4.78, 5) is 22.2. The smallest absolute Gasteiger partial charge is 0.252 e. The molecule has 0 spiro atoms. The van der Waals surface area contributed by atoms with Gasteiger partial charge < -0.3 is 16.0 Å². The van der Waals surface area contributed by atoms with Crippen LogP contribution in [0.2, 0.25) is 0 Å². The highest BCUT2D eigenvalue weighted by Crippen LogP contribution is 2.08. The lowest BCUT2D eigenvalue weighted by molar-refractivity contribution is 0.0954. The first-order valence-electron chi connectivity index (χ1n) is 7.50. The Labute approximate surface area is 125 Å². The Hall–Kier alpha value is -2.11. The molecule has 2 rings (SSSR count). The van der Waals surface area contributed by atoms with Crippen molar-refractivity contribution in [3.63, 3.8) is 0 Å². The van der Waals surface area contributed by atoms with Crippen LogP contribution in [0.25, 0.3) is 0 Å². The summed E-state index contributed by atoms with van der Waals surface area (Å²) in [6.07, 6.45) is 8.07. The number of hydrogen-bond donors (Lipinski definition) is 2. The Kier molecular flexibility index (Phi) is 5.99. The molecule has 0 aromatic carbocycles.